The SMILES string of the molecule is Cc1cc(C(=O)OC(C)C(=O)Nc2ccc3c(c2)C(=O)c2ccccc2C3=O)ccc1[N+](=O)[O-]. The van der Waals surface area contributed by atoms with E-state index < -0.39 is 22.9 Å². The zero-order chi connectivity index (χ0) is 24.6. The highest BCUT2D eigenvalue weighted by molar-refractivity contribution is 6.28. The van der Waals surface area contributed by atoms with Crippen LogP contribution in [0.25, 0.3) is 0 Å². The number of rotatable bonds is 5. The summed E-state index contributed by atoms with van der Waals surface area (Å²) in [5.41, 5.74) is 1.53. The number of carbonyl (C=O) groups excluding carboxylic acids is 4. The molecule has 1 aliphatic carbocycles. The van der Waals surface area contributed by atoms with Gasteiger partial charge in [-0.25, -0.2) is 4.79 Å². The van der Waals surface area contributed by atoms with Crippen LogP contribution in [0.1, 0.15) is 54.7 Å². The Balaban J connectivity index is 1.47. The molecule has 0 fully saturated rings. The van der Waals surface area contributed by atoms with Crippen molar-refractivity contribution in [2.75, 3.05) is 5.32 Å². The maximum Gasteiger partial charge on any atom is 0.338 e. The van der Waals surface area contributed by atoms with E-state index in [2.05, 4.69) is 5.32 Å². The van der Waals surface area contributed by atoms with E-state index in [0.29, 0.717) is 11.1 Å². The Hall–Kier alpha value is -4.66. The Morgan fingerprint density at radius 1 is 0.912 bits per heavy atom. The summed E-state index contributed by atoms with van der Waals surface area (Å²) in [7, 11) is 0. The lowest BCUT2D eigenvalue weighted by molar-refractivity contribution is -0.385. The number of ketones is 2. The molecule has 0 aromatic heterocycles. The molecule has 1 amide bonds. The van der Waals surface area contributed by atoms with E-state index in [1.54, 1.807) is 24.3 Å². The molecule has 9 heteroatoms. The van der Waals surface area contributed by atoms with Gasteiger partial charge in [0.1, 0.15) is 0 Å². The Morgan fingerprint density at radius 2 is 1.53 bits per heavy atom. The molecule has 0 bridgehead atoms. The minimum atomic E-state index is -1.20. The molecular weight excluding hydrogens is 440 g/mol. The van der Waals surface area contributed by atoms with Gasteiger partial charge in [0.15, 0.2) is 17.7 Å². The first-order valence-electron chi connectivity index (χ1n) is 10.3. The number of carbonyl (C=O) groups is 4. The van der Waals surface area contributed by atoms with Gasteiger partial charge in [-0.3, -0.25) is 24.5 Å². The first kappa shape index (κ1) is 22.5. The van der Waals surface area contributed by atoms with Gasteiger partial charge in [-0.2, -0.15) is 0 Å². The van der Waals surface area contributed by atoms with Gasteiger partial charge in [-0.15, -0.1) is 0 Å². The lowest BCUT2D eigenvalue weighted by Crippen LogP contribution is -2.30. The Kier molecular flexibility index (Phi) is 5.77. The summed E-state index contributed by atoms with van der Waals surface area (Å²) >= 11 is 0. The molecule has 0 spiro atoms. The van der Waals surface area contributed by atoms with Crippen molar-refractivity contribution >= 4 is 34.8 Å². The second-order valence-electron chi connectivity index (χ2n) is 7.76. The zero-order valence-electron chi connectivity index (χ0n) is 18.2. The van der Waals surface area contributed by atoms with Gasteiger partial charge >= 0.3 is 5.97 Å². The number of nitro groups is 1. The summed E-state index contributed by atoms with van der Waals surface area (Å²) in [6.45, 7) is 2.86. The van der Waals surface area contributed by atoms with Crippen LogP contribution in [-0.2, 0) is 9.53 Å². The third kappa shape index (κ3) is 4.06. The quantitative estimate of drug-likeness (QED) is 0.273. The fourth-order valence-corrected chi connectivity index (χ4v) is 3.69. The average molecular weight is 458 g/mol. The number of amides is 1. The van der Waals surface area contributed by atoms with Crippen molar-refractivity contribution in [3.8, 4) is 0 Å². The smallest absolute Gasteiger partial charge is 0.338 e. The number of anilines is 1. The van der Waals surface area contributed by atoms with E-state index in [4.69, 9.17) is 4.74 Å². The zero-order valence-corrected chi connectivity index (χ0v) is 18.2. The Labute approximate surface area is 193 Å². The molecule has 9 nitrogen and oxygen atoms in total. The van der Waals surface area contributed by atoms with Crippen LogP contribution in [0.5, 0.6) is 0 Å². The summed E-state index contributed by atoms with van der Waals surface area (Å²) in [6.07, 6.45) is -1.20. The van der Waals surface area contributed by atoms with Crippen LogP contribution in [0.4, 0.5) is 11.4 Å². The fraction of sp³-hybridized carbons (Fsp3) is 0.120. The van der Waals surface area contributed by atoms with Crippen molar-refractivity contribution < 1.29 is 28.8 Å². The molecule has 170 valence electrons. The summed E-state index contributed by atoms with van der Waals surface area (Å²) in [5.74, 6) is -2.07. The summed E-state index contributed by atoms with van der Waals surface area (Å²) in [5, 5.41) is 13.5. The molecule has 0 heterocycles. The molecule has 1 aliphatic rings. The highest BCUT2D eigenvalue weighted by atomic mass is 16.6. The van der Waals surface area contributed by atoms with Crippen molar-refractivity contribution in [1.29, 1.82) is 0 Å². The molecule has 4 rings (SSSR count). The second kappa shape index (κ2) is 8.70. The second-order valence-corrected chi connectivity index (χ2v) is 7.76. The van der Waals surface area contributed by atoms with Crippen LogP contribution in [0.15, 0.2) is 60.7 Å². The number of nitrogens with one attached hydrogen (secondary N) is 1. The first-order chi connectivity index (χ1) is 16.2. The van der Waals surface area contributed by atoms with Crippen LogP contribution >= 0.6 is 0 Å². The van der Waals surface area contributed by atoms with Gasteiger partial charge in [-0.05, 0) is 44.2 Å². The molecule has 1 unspecified atom stereocenters. The minimum Gasteiger partial charge on any atom is -0.449 e. The van der Waals surface area contributed by atoms with Crippen LogP contribution in [0.3, 0.4) is 0 Å². The summed E-state index contributed by atoms with van der Waals surface area (Å²) in [6, 6.07) is 14.7. The number of hydrogen-bond acceptors (Lipinski definition) is 7. The highest BCUT2D eigenvalue weighted by Crippen LogP contribution is 2.29. The van der Waals surface area contributed by atoms with E-state index in [-0.39, 0.29) is 45.2 Å². The average Bonchev–Trinajstić information content (AvgIpc) is 2.82. The van der Waals surface area contributed by atoms with Crippen molar-refractivity contribution in [1.82, 2.24) is 0 Å². The van der Waals surface area contributed by atoms with Gasteiger partial charge in [0.05, 0.1) is 10.5 Å². The lowest BCUT2D eigenvalue weighted by atomic mass is 9.84. The topological polar surface area (TPSA) is 133 Å². The number of benzene rings is 3. The molecule has 1 atom stereocenters. The molecule has 3 aromatic carbocycles. The minimum absolute atomic E-state index is 0.0688. The Morgan fingerprint density at radius 3 is 2.15 bits per heavy atom. The van der Waals surface area contributed by atoms with Gasteiger partial charge in [0, 0.05) is 39.6 Å². The van der Waals surface area contributed by atoms with Crippen LogP contribution in [-0.4, -0.2) is 34.5 Å². The monoisotopic (exact) mass is 458 g/mol. The molecular formula is C25H18N2O7. The lowest BCUT2D eigenvalue weighted by Gasteiger charge is -2.19. The predicted octanol–water partition coefficient (Wildman–Crippen LogP) is 3.86. The van der Waals surface area contributed by atoms with Crippen molar-refractivity contribution in [3.05, 3.63) is 104 Å². The van der Waals surface area contributed by atoms with Gasteiger partial charge in [0.2, 0.25) is 0 Å². The first-order valence-corrected chi connectivity index (χ1v) is 10.3. The third-order valence-electron chi connectivity index (χ3n) is 5.47. The van der Waals surface area contributed by atoms with E-state index in [9.17, 15) is 29.3 Å². The van der Waals surface area contributed by atoms with Gasteiger partial charge in [-0.1, -0.05) is 24.3 Å². The van der Waals surface area contributed by atoms with Gasteiger partial charge in [0.25, 0.3) is 11.6 Å². The molecule has 3 aromatic rings. The largest absolute Gasteiger partial charge is 0.449 e. The van der Waals surface area contributed by atoms with Crippen molar-refractivity contribution in [2.45, 2.75) is 20.0 Å². The molecule has 34 heavy (non-hydrogen) atoms. The molecule has 0 radical (unpaired) electrons. The van der Waals surface area contributed by atoms with E-state index >= 15 is 0 Å². The van der Waals surface area contributed by atoms with Gasteiger partial charge < -0.3 is 10.1 Å². The maximum atomic E-state index is 12.8. The number of aryl methyl sites for hydroxylation is 1. The number of ether oxygens (including phenoxy) is 1. The standard InChI is InChI=1S/C25H18N2O7/c1-13-11-15(7-10-21(13)27(32)33)25(31)34-14(2)24(30)26-16-8-9-19-20(12-16)23(29)18-6-4-3-5-17(18)22(19)28/h3-12,14H,1-2H3,(H,26,30). The maximum absolute atomic E-state index is 12.8. The summed E-state index contributed by atoms with van der Waals surface area (Å²) in [4.78, 5) is 60.9. The van der Waals surface area contributed by atoms with E-state index in [1.807, 2.05) is 0 Å². The van der Waals surface area contributed by atoms with Crippen LogP contribution in [0.2, 0.25) is 0 Å². The Bertz CT molecular complexity index is 1390. The van der Waals surface area contributed by atoms with Crippen molar-refractivity contribution in [3.63, 3.8) is 0 Å². The third-order valence-corrected chi connectivity index (χ3v) is 5.47. The highest BCUT2D eigenvalue weighted by Gasteiger charge is 2.30. The van der Waals surface area contributed by atoms with E-state index in [0.717, 1.165) is 0 Å². The number of nitro benzene ring substituents is 1. The number of hydrogen-bond donors (Lipinski definition) is 1. The predicted molar refractivity (Wildman–Crippen MR) is 121 cm³/mol. The molecule has 0 saturated heterocycles. The number of fused-ring (bicyclic) bond motifs is 2. The molecule has 0 saturated carbocycles. The molecule has 0 aliphatic heterocycles. The number of nitrogens with zero attached hydrogens (tertiary/aromatic N) is 1. The molecule has 1 N–H and O–H groups in total. The van der Waals surface area contributed by atoms with E-state index in [1.165, 1.54) is 50.2 Å². The fourth-order valence-electron chi connectivity index (χ4n) is 3.69. The normalized spacial score (nSPS) is 12.9. The van der Waals surface area contributed by atoms with Crippen molar-refractivity contribution in [2.24, 2.45) is 0 Å². The van der Waals surface area contributed by atoms with Crippen LogP contribution in [0, 0.1) is 17.0 Å². The summed E-state index contributed by atoms with van der Waals surface area (Å²) < 4.78 is 5.18. The van der Waals surface area contributed by atoms with Crippen LogP contribution < -0.4 is 5.32 Å². The number of esters is 1.